The van der Waals surface area contributed by atoms with Gasteiger partial charge in [-0.15, -0.1) is 0 Å². The lowest BCUT2D eigenvalue weighted by Crippen LogP contribution is -2.37. The standard InChI is InChI=1S/C14H27N3O3S/c1-6-11(2)17(5)8-7-16-21(18,19)14-9-13(10-15-4)20-12(14)3/h9,11,15-16H,6-8,10H2,1-5H3. The van der Waals surface area contributed by atoms with Gasteiger partial charge in [0.2, 0.25) is 10.0 Å². The normalized spacial score (nSPS) is 13.8. The van der Waals surface area contributed by atoms with Gasteiger partial charge in [-0.1, -0.05) is 6.92 Å². The minimum absolute atomic E-state index is 0.221. The molecular weight excluding hydrogens is 290 g/mol. The zero-order valence-corrected chi connectivity index (χ0v) is 14.4. The highest BCUT2D eigenvalue weighted by Crippen LogP contribution is 2.19. The van der Waals surface area contributed by atoms with E-state index in [1.54, 1.807) is 20.0 Å². The number of rotatable bonds is 9. The van der Waals surface area contributed by atoms with Crippen LogP contribution in [0.4, 0.5) is 0 Å². The van der Waals surface area contributed by atoms with Gasteiger partial charge >= 0.3 is 0 Å². The molecule has 7 heteroatoms. The number of hydrogen-bond acceptors (Lipinski definition) is 5. The SMILES string of the molecule is CCC(C)N(C)CCNS(=O)(=O)c1cc(CNC)oc1C. The van der Waals surface area contributed by atoms with Crippen LogP contribution in [0.1, 0.15) is 31.8 Å². The zero-order chi connectivity index (χ0) is 16.0. The molecule has 1 aromatic rings. The summed E-state index contributed by atoms with van der Waals surface area (Å²) >= 11 is 0. The monoisotopic (exact) mass is 317 g/mol. The van der Waals surface area contributed by atoms with E-state index < -0.39 is 10.0 Å². The Bertz CT molecular complexity index is 540. The number of nitrogens with one attached hydrogen (secondary N) is 2. The first-order valence-corrected chi connectivity index (χ1v) is 8.74. The van der Waals surface area contributed by atoms with E-state index in [1.165, 1.54) is 0 Å². The molecule has 0 bridgehead atoms. The number of aryl methyl sites for hydroxylation is 1. The molecule has 1 unspecified atom stereocenters. The van der Waals surface area contributed by atoms with Crippen LogP contribution in [0.5, 0.6) is 0 Å². The molecule has 0 aliphatic carbocycles. The van der Waals surface area contributed by atoms with Crippen molar-refractivity contribution in [3.8, 4) is 0 Å². The maximum Gasteiger partial charge on any atom is 0.244 e. The summed E-state index contributed by atoms with van der Waals surface area (Å²) in [6.07, 6.45) is 1.04. The van der Waals surface area contributed by atoms with Gasteiger partial charge in [-0.05, 0) is 34.4 Å². The first kappa shape index (κ1) is 18.2. The Morgan fingerprint density at radius 3 is 2.67 bits per heavy atom. The summed E-state index contributed by atoms with van der Waals surface area (Å²) in [4.78, 5) is 2.36. The first-order valence-electron chi connectivity index (χ1n) is 7.25. The molecule has 0 radical (unpaired) electrons. The van der Waals surface area contributed by atoms with Gasteiger partial charge in [-0.25, -0.2) is 13.1 Å². The average Bonchev–Trinajstić information content (AvgIpc) is 2.79. The van der Waals surface area contributed by atoms with Crippen molar-refractivity contribution >= 4 is 10.0 Å². The average molecular weight is 317 g/mol. The van der Waals surface area contributed by atoms with Crippen LogP contribution < -0.4 is 10.0 Å². The molecule has 0 aliphatic rings. The van der Waals surface area contributed by atoms with E-state index in [9.17, 15) is 8.42 Å². The second kappa shape index (κ2) is 7.93. The van der Waals surface area contributed by atoms with Crippen molar-refractivity contribution in [2.45, 2.75) is 44.7 Å². The third kappa shape index (κ3) is 5.10. The summed E-state index contributed by atoms with van der Waals surface area (Å²) in [6.45, 7) is 7.47. The summed E-state index contributed by atoms with van der Waals surface area (Å²) in [7, 11) is 0.269. The highest BCUT2D eigenvalue weighted by atomic mass is 32.2. The minimum atomic E-state index is -3.51. The van der Waals surface area contributed by atoms with E-state index >= 15 is 0 Å². The smallest absolute Gasteiger partial charge is 0.244 e. The number of likely N-dealkylation sites (N-methyl/N-ethyl adjacent to an activating group) is 1. The largest absolute Gasteiger partial charge is 0.464 e. The van der Waals surface area contributed by atoms with E-state index in [0.29, 0.717) is 37.2 Å². The summed E-state index contributed by atoms with van der Waals surface area (Å²) in [5.41, 5.74) is 0. The summed E-state index contributed by atoms with van der Waals surface area (Å²) in [5.74, 6) is 1.04. The lowest BCUT2D eigenvalue weighted by atomic mass is 10.2. The Kier molecular flexibility index (Phi) is 6.86. The summed E-state index contributed by atoms with van der Waals surface area (Å²) in [5, 5.41) is 2.94. The molecule has 1 aromatic heterocycles. The van der Waals surface area contributed by atoms with Crippen LogP contribution in [0.25, 0.3) is 0 Å². The van der Waals surface area contributed by atoms with Crippen molar-refractivity contribution in [2.75, 3.05) is 27.2 Å². The molecule has 0 aliphatic heterocycles. The quantitative estimate of drug-likeness (QED) is 0.718. The molecule has 1 rings (SSSR count). The molecule has 6 nitrogen and oxygen atoms in total. The van der Waals surface area contributed by atoms with Crippen LogP contribution in [0.15, 0.2) is 15.4 Å². The van der Waals surface area contributed by atoms with Crippen LogP contribution in [-0.4, -0.2) is 46.5 Å². The topological polar surface area (TPSA) is 74.6 Å². The van der Waals surface area contributed by atoms with E-state index in [4.69, 9.17) is 4.42 Å². The summed E-state index contributed by atoms with van der Waals surface area (Å²) in [6, 6.07) is 2.01. The van der Waals surface area contributed by atoms with Gasteiger partial charge in [0.25, 0.3) is 0 Å². The van der Waals surface area contributed by atoms with Gasteiger partial charge in [0.1, 0.15) is 16.4 Å². The molecule has 0 amide bonds. The maximum absolute atomic E-state index is 12.3. The number of nitrogens with zero attached hydrogens (tertiary/aromatic N) is 1. The zero-order valence-electron chi connectivity index (χ0n) is 13.6. The Balaban J connectivity index is 2.65. The lowest BCUT2D eigenvalue weighted by molar-refractivity contribution is 0.256. The van der Waals surface area contributed by atoms with Gasteiger partial charge in [0.05, 0.1) is 6.54 Å². The second-order valence-electron chi connectivity index (χ2n) is 5.30. The van der Waals surface area contributed by atoms with Gasteiger partial charge in [-0.3, -0.25) is 0 Å². The van der Waals surface area contributed by atoms with Crippen LogP contribution in [0.2, 0.25) is 0 Å². The Hall–Kier alpha value is -0.890. The van der Waals surface area contributed by atoms with E-state index in [-0.39, 0.29) is 4.90 Å². The fourth-order valence-electron chi connectivity index (χ4n) is 2.02. The molecule has 0 aromatic carbocycles. The number of furan rings is 1. The van der Waals surface area contributed by atoms with E-state index in [0.717, 1.165) is 6.42 Å². The van der Waals surface area contributed by atoms with E-state index in [2.05, 4.69) is 28.8 Å². The predicted molar refractivity (Wildman–Crippen MR) is 83.8 cm³/mol. The Morgan fingerprint density at radius 1 is 1.43 bits per heavy atom. The Labute approximate surface area is 127 Å². The van der Waals surface area contributed by atoms with Crippen molar-refractivity contribution in [1.29, 1.82) is 0 Å². The van der Waals surface area contributed by atoms with Gasteiger partial charge < -0.3 is 14.6 Å². The van der Waals surface area contributed by atoms with Crippen molar-refractivity contribution in [2.24, 2.45) is 0 Å². The van der Waals surface area contributed by atoms with Gasteiger partial charge in [-0.2, -0.15) is 0 Å². The molecule has 0 spiro atoms. The first-order chi connectivity index (χ1) is 9.81. The molecule has 0 saturated heterocycles. The third-order valence-electron chi connectivity index (χ3n) is 3.66. The van der Waals surface area contributed by atoms with Crippen molar-refractivity contribution in [1.82, 2.24) is 14.9 Å². The highest BCUT2D eigenvalue weighted by Gasteiger charge is 2.21. The predicted octanol–water partition coefficient (Wildman–Crippen LogP) is 1.32. The molecule has 2 N–H and O–H groups in total. The van der Waals surface area contributed by atoms with Crippen LogP contribution in [-0.2, 0) is 16.6 Å². The van der Waals surface area contributed by atoms with Crippen LogP contribution in [0.3, 0.4) is 0 Å². The van der Waals surface area contributed by atoms with Crippen LogP contribution in [0, 0.1) is 6.92 Å². The van der Waals surface area contributed by atoms with Crippen molar-refractivity contribution in [3.05, 3.63) is 17.6 Å². The third-order valence-corrected chi connectivity index (χ3v) is 5.23. The van der Waals surface area contributed by atoms with E-state index in [1.807, 2.05) is 7.05 Å². The van der Waals surface area contributed by atoms with Gasteiger partial charge in [0, 0.05) is 25.2 Å². The fourth-order valence-corrected chi connectivity index (χ4v) is 3.24. The molecule has 0 fully saturated rings. The number of sulfonamides is 1. The highest BCUT2D eigenvalue weighted by molar-refractivity contribution is 7.89. The molecular formula is C14H27N3O3S. The van der Waals surface area contributed by atoms with Crippen molar-refractivity contribution < 1.29 is 12.8 Å². The molecule has 122 valence electrons. The molecule has 21 heavy (non-hydrogen) atoms. The second-order valence-corrected chi connectivity index (χ2v) is 7.03. The lowest BCUT2D eigenvalue weighted by Gasteiger charge is -2.23. The Morgan fingerprint density at radius 2 is 2.10 bits per heavy atom. The molecule has 1 atom stereocenters. The minimum Gasteiger partial charge on any atom is -0.464 e. The van der Waals surface area contributed by atoms with Gasteiger partial charge in [0.15, 0.2) is 0 Å². The van der Waals surface area contributed by atoms with Crippen LogP contribution >= 0.6 is 0 Å². The fraction of sp³-hybridized carbons (Fsp3) is 0.714. The number of hydrogen-bond donors (Lipinski definition) is 2. The molecule has 1 heterocycles. The summed E-state index contributed by atoms with van der Waals surface area (Å²) < 4.78 is 32.6. The maximum atomic E-state index is 12.3. The molecule has 0 saturated carbocycles. The van der Waals surface area contributed by atoms with Crippen molar-refractivity contribution in [3.63, 3.8) is 0 Å².